The van der Waals surface area contributed by atoms with Crippen LogP contribution in [0.5, 0.6) is 5.75 Å². The third kappa shape index (κ3) is 4.89. The van der Waals surface area contributed by atoms with E-state index in [9.17, 15) is 4.79 Å². The van der Waals surface area contributed by atoms with Crippen LogP contribution in [0.4, 0.5) is 5.13 Å². The van der Waals surface area contributed by atoms with E-state index in [0.717, 1.165) is 37.1 Å². The minimum atomic E-state index is -0.220. The molecule has 0 saturated heterocycles. The number of hydrogen-bond acceptors (Lipinski definition) is 5. The molecule has 0 saturated carbocycles. The molecular formula is C25H22BrN3O2S. The molecule has 0 radical (unpaired) electrons. The van der Waals surface area contributed by atoms with E-state index in [1.165, 1.54) is 16.3 Å². The number of rotatable bonds is 6. The fourth-order valence-corrected chi connectivity index (χ4v) is 4.75. The normalized spacial score (nSPS) is 11.2. The molecule has 5 nitrogen and oxygen atoms in total. The monoisotopic (exact) mass is 507 g/mol. The smallest absolute Gasteiger partial charge is 0.281 e. The number of ether oxygens (including phenoxy) is 1. The maximum atomic E-state index is 13.5. The van der Waals surface area contributed by atoms with Crippen molar-refractivity contribution in [2.75, 3.05) is 11.6 Å². The summed E-state index contributed by atoms with van der Waals surface area (Å²) in [6, 6.07) is 19.2. The van der Waals surface area contributed by atoms with Gasteiger partial charge in [0.1, 0.15) is 5.75 Å². The number of thiazole rings is 1. The van der Waals surface area contributed by atoms with Crippen molar-refractivity contribution >= 4 is 54.7 Å². The minimum absolute atomic E-state index is 0.220. The van der Waals surface area contributed by atoms with Crippen LogP contribution >= 0.6 is 27.3 Å². The topological polar surface area (TPSA) is 54.8 Å². The van der Waals surface area contributed by atoms with Crippen LogP contribution in [0.3, 0.4) is 0 Å². The van der Waals surface area contributed by atoms with Crippen molar-refractivity contribution < 1.29 is 9.53 Å². The van der Waals surface area contributed by atoms with Crippen LogP contribution in [0.2, 0.25) is 0 Å². The number of carbonyl (C=O) groups excluding carboxylic acids is 1. The number of halogens is 1. The Hall–Kier alpha value is -3.03. The highest BCUT2D eigenvalue weighted by Crippen LogP contribution is 2.32. The molecule has 0 unspecified atom stereocenters. The van der Waals surface area contributed by atoms with Crippen LogP contribution in [0.15, 0.2) is 70.2 Å². The molecule has 1 aromatic heterocycles. The highest BCUT2D eigenvalue weighted by atomic mass is 79.9. The summed E-state index contributed by atoms with van der Waals surface area (Å²) in [6.45, 7) is 6.50. The fraction of sp³-hybridized carbons (Fsp3) is 0.160. The van der Waals surface area contributed by atoms with E-state index in [1.54, 1.807) is 6.21 Å². The van der Waals surface area contributed by atoms with Crippen LogP contribution in [0, 0.1) is 13.8 Å². The number of nitrogens with zero attached hydrogens (tertiary/aromatic N) is 3. The Morgan fingerprint density at radius 3 is 2.62 bits per heavy atom. The first kappa shape index (κ1) is 22.2. The number of benzene rings is 3. The van der Waals surface area contributed by atoms with Crippen LogP contribution in [0.25, 0.3) is 10.2 Å². The SMILES string of the molecule is CCOc1ccc(/C=N/N(C(=O)c2ccc(C)cc2C)c2nc3ccc(Br)cc3s2)cc1. The van der Waals surface area contributed by atoms with Crippen LogP contribution in [0.1, 0.15) is 34.0 Å². The molecule has 0 bridgehead atoms. The van der Waals surface area contributed by atoms with Gasteiger partial charge in [-0.2, -0.15) is 10.1 Å². The Bertz CT molecular complexity index is 1300. The molecule has 32 heavy (non-hydrogen) atoms. The number of amides is 1. The predicted molar refractivity (Wildman–Crippen MR) is 135 cm³/mol. The number of aromatic nitrogens is 1. The van der Waals surface area contributed by atoms with Crippen LogP contribution in [-0.4, -0.2) is 23.7 Å². The summed E-state index contributed by atoms with van der Waals surface area (Å²) in [5.74, 6) is 0.576. The average molecular weight is 508 g/mol. The van der Waals surface area contributed by atoms with Gasteiger partial charge in [-0.1, -0.05) is 45.0 Å². The van der Waals surface area contributed by atoms with Gasteiger partial charge < -0.3 is 4.74 Å². The summed E-state index contributed by atoms with van der Waals surface area (Å²) < 4.78 is 7.44. The quantitative estimate of drug-likeness (QED) is 0.214. The van der Waals surface area contributed by atoms with E-state index in [0.29, 0.717) is 17.3 Å². The maximum absolute atomic E-state index is 13.5. The zero-order valence-corrected chi connectivity index (χ0v) is 20.4. The fourth-order valence-electron chi connectivity index (χ4n) is 3.27. The molecule has 0 aliphatic heterocycles. The standard InChI is InChI=1S/C25H22BrN3O2S/c1-4-31-20-9-6-18(7-10-20)15-27-29(24(30)21-11-5-16(2)13-17(21)3)25-28-22-12-8-19(26)14-23(22)32-25/h5-15H,4H2,1-3H3/b27-15+. The van der Waals surface area contributed by atoms with Crippen molar-refractivity contribution in [2.45, 2.75) is 20.8 Å². The second-order valence-electron chi connectivity index (χ2n) is 7.29. The summed E-state index contributed by atoms with van der Waals surface area (Å²) in [6.07, 6.45) is 1.67. The van der Waals surface area contributed by atoms with Gasteiger partial charge in [0.25, 0.3) is 5.91 Å². The first-order chi connectivity index (χ1) is 15.4. The molecule has 0 fully saturated rings. The Morgan fingerprint density at radius 2 is 1.91 bits per heavy atom. The molecule has 7 heteroatoms. The summed E-state index contributed by atoms with van der Waals surface area (Å²) in [7, 11) is 0. The third-order valence-corrected chi connectivity index (χ3v) is 6.33. The van der Waals surface area contributed by atoms with E-state index in [-0.39, 0.29) is 5.91 Å². The molecule has 0 spiro atoms. The average Bonchev–Trinajstić information content (AvgIpc) is 3.18. The predicted octanol–water partition coefficient (Wildman–Crippen LogP) is 6.76. The first-order valence-electron chi connectivity index (χ1n) is 10.2. The van der Waals surface area contributed by atoms with Crippen LogP contribution in [-0.2, 0) is 0 Å². The number of hydrogen-bond donors (Lipinski definition) is 0. The van der Waals surface area contributed by atoms with Crippen molar-refractivity contribution in [3.8, 4) is 5.75 Å². The third-order valence-electron chi connectivity index (χ3n) is 4.84. The summed E-state index contributed by atoms with van der Waals surface area (Å²) in [5, 5.41) is 6.45. The zero-order chi connectivity index (χ0) is 22.7. The molecule has 4 rings (SSSR count). The number of anilines is 1. The Balaban J connectivity index is 1.73. The van der Waals surface area contributed by atoms with E-state index in [4.69, 9.17) is 4.74 Å². The highest BCUT2D eigenvalue weighted by Gasteiger charge is 2.22. The number of hydrazone groups is 1. The number of carbonyl (C=O) groups is 1. The molecule has 0 aliphatic rings. The lowest BCUT2D eigenvalue weighted by molar-refractivity contribution is 0.0987. The van der Waals surface area contributed by atoms with Gasteiger partial charge in [0.2, 0.25) is 5.13 Å². The minimum Gasteiger partial charge on any atom is -0.494 e. The van der Waals surface area contributed by atoms with E-state index >= 15 is 0 Å². The van der Waals surface area contributed by atoms with Gasteiger partial charge in [-0.05, 0) is 80.4 Å². The summed E-state index contributed by atoms with van der Waals surface area (Å²) >= 11 is 4.92. The first-order valence-corrected chi connectivity index (χ1v) is 11.8. The molecule has 162 valence electrons. The summed E-state index contributed by atoms with van der Waals surface area (Å²) in [4.78, 5) is 18.2. The van der Waals surface area contributed by atoms with Gasteiger partial charge >= 0.3 is 0 Å². The van der Waals surface area contributed by atoms with E-state index < -0.39 is 0 Å². The number of fused-ring (bicyclic) bond motifs is 1. The van der Waals surface area contributed by atoms with Gasteiger partial charge in [-0.3, -0.25) is 4.79 Å². The molecular weight excluding hydrogens is 486 g/mol. The van der Waals surface area contributed by atoms with Gasteiger partial charge in [0, 0.05) is 10.0 Å². The van der Waals surface area contributed by atoms with Crippen molar-refractivity contribution in [1.29, 1.82) is 0 Å². The van der Waals surface area contributed by atoms with Gasteiger partial charge in [-0.25, -0.2) is 4.98 Å². The van der Waals surface area contributed by atoms with Crippen LogP contribution < -0.4 is 9.75 Å². The molecule has 0 atom stereocenters. The maximum Gasteiger partial charge on any atom is 0.281 e. The lowest BCUT2D eigenvalue weighted by Crippen LogP contribution is -2.26. The number of aryl methyl sites for hydroxylation is 2. The molecule has 0 aliphatic carbocycles. The zero-order valence-electron chi connectivity index (χ0n) is 18.0. The highest BCUT2D eigenvalue weighted by molar-refractivity contribution is 9.10. The molecule has 1 amide bonds. The Labute approximate surface area is 199 Å². The van der Waals surface area contributed by atoms with Gasteiger partial charge in [-0.15, -0.1) is 0 Å². The van der Waals surface area contributed by atoms with Gasteiger partial charge in [0.15, 0.2) is 0 Å². The van der Waals surface area contributed by atoms with Crippen molar-refractivity contribution in [3.63, 3.8) is 0 Å². The van der Waals surface area contributed by atoms with Gasteiger partial charge in [0.05, 0.1) is 23.0 Å². The lowest BCUT2D eigenvalue weighted by Gasteiger charge is -2.15. The van der Waals surface area contributed by atoms with E-state index in [1.807, 2.05) is 81.4 Å². The Kier molecular flexibility index (Phi) is 6.67. The lowest BCUT2D eigenvalue weighted by atomic mass is 10.1. The molecule has 1 heterocycles. The van der Waals surface area contributed by atoms with Crippen molar-refractivity contribution in [2.24, 2.45) is 5.10 Å². The molecule has 4 aromatic rings. The molecule has 0 N–H and O–H groups in total. The summed E-state index contributed by atoms with van der Waals surface area (Å²) in [5.41, 5.74) is 4.28. The second-order valence-corrected chi connectivity index (χ2v) is 9.22. The second kappa shape index (κ2) is 9.63. The van der Waals surface area contributed by atoms with Crippen molar-refractivity contribution in [1.82, 2.24) is 4.98 Å². The van der Waals surface area contributed by atoms with Crippen molar-refractivity contribution in [3.05, 3.63) is 87.4 Å². The Morgan fingerprint density at radius 1 is 1.12 bits per heavy atom. The largest absolute Gasteiger partial charge is 0.494 e. The molecule has 3 aromatic carbocycles. The van der Waals surface area contributed by atoms with E-state index in [2.05, 4.69) is 26.0 Å².